The molecule has 0 atom stereocenters. The van der Waals surface area contributed by atoms with Gasteiger partial charge in [0.15, 0.2) is 0 Å². The summed E-state index contributed by atoms with van der Waals surface area (Å²) in [5, 5.41) is 6.61. The molecule has 0 saturated heterocycles. The van der Waals surface area contributed by atoms with Gasteiger partial charge in [-0.3, -0.25) is 0 Å². The number of aryl methyl sites for hydroxylation is 1. The van der Waals surface area contributed by atoms with Crippen LogP contribution >= 0.6 is 11.3 Å². The summed E-state index contributed by atoms with van der Waals surface area (Å²) in [5.41, 5.74) is 2.44. The molecule has 3 rings (SSSR count). The van der Waals surface area contributed by atoms with Gasteiger partial charge < -0.3 is 35.1 Å². The van der Waals surface area contributed by atoms with Crippen LogP contribution in [-0.4, -0.2) is 4.98 Å². The number of hydrogen-bond acceptors (Lipinski definition) is 3. The summed E-state index contributed by atoms with van der Waals surface area (Å²) in [6, 6.07) is 18.4. The monoisotopic (exact) mass is 326 g/mol. The first-order valence-electron chi connectivity index (χ1n) is 6.33. The summed E-state index contributed by atoms with van der Waals surface area (Å²) in [5.74, 6) is 0. The smallest absolute Gasteiger partial charge is 0.107 e. The van der Waals surface area contributed by atoms with Crippen molar-refractivity contribution in [2.45, 2.75) is 20.0 Å². The Kier molecular flexibility index (Phi) is 8.16. The third kappa shape index (κ3) is 6.31. The van der Waals surface area contributed by atoms with Crippen molar-refractivity contribution in [1.82, 2.24) is 10.3 Å². The van der Waals surface area contributed by atoms with Crippen LogP contribution in [0.5, 0.6) is 0 Å². The summed E-state index contributed by atoms with van der Waals surface area (Å²) in [6.45, 7) is 3.81. The van der Waals surface area contributed by atoms with Gasteiger partial charge in [0.05, 0.1) is 0 Å². The second-order valence-electron chi connectivity index (χ2n) is 4.24. The standard InChI is InChI=1S/C11H13N2S.C5H5.Fe/c1-9-8-14-11(13-9)7-12-6-10-4-2-3-5-10;1-2-4-5-3-1;/h2-5,8,12H,6-7H2,1H3;1-5H;/q-5;-1;. The maximum absolute atomic E-state index is 4.39. The van der Waals surface area contributed by atoms with Crippen molar-refractivity contribution in [3.8, 4) is 0 Å². The van der Waals surface area contributed by atoms with Gasteiger partial charge in [0.25, 0.3) is 0 Å². The van der Waals surface area contributed by atoms with Crippen LogP contribution in [0.25, 0.3) is 0 Å². The van der Waals surface area contributed by atoms with Crippen LogP contribution in [0.1, 0.15) is 16.3 Å². The quantitative estimate of drug-likeness (QED) is 0.582. The average molecular weight is 326 g/mol. The van der Waals surface area contributed by atoms with Gasteiger partial charge >= 0.3 is 0 Å². The summed E-state index contributed by atoms with van der Waals surface area (Å²) in [6.07, 6.45) is 0. The van der Waals surface area contributed by atoms with Gasteiger partial charge in [-0.1, -0.05) is 0 Å². The molecule has 0 amide bonds. The number of nitrogens with zero attached hydrogens (tertiary/aromatic N) is 1. The van der Waals surface area contributed by atoms with E-state index in [1.165, 1.54) is 5.56 Å². The van der Waals surface area contributed by atoms with E-state index in [1.54, 1.807) is 11.3 Å². The van der Waals surface area contributed by atoms with Gasteiger partial charge in [0, 0.05) is 34.7 Å². The number of hydrogen-bond donors (Lipinski definition) is 1. The van der Waals surface area contributed by atoms with E-state index < -0.39 is 0 Å². The van der Waals surface area contributed by atoms with Gasteiger partial charge in [0.2, 0.25) is 0 Å². The van der Waals surface area contributed by atoms with E-state index in [0.717, 1.165) is 23.8 Å². The van der Waals surface area contributed by atoms with Crippen molar-refractivity contribution in [3.05, 3.63) is 76.2 Å². The Labute approximate surface area is 135 Å². The van der Waals surface area contributed by atoms with Gasteiger partial charge in [-0.25, -0.2) is 17.1 Å². The van der Waals surface area contributed by atoms with Crippen molar-refractivity contribution < 1.29 is 17.1 Å². The second kappa shape index (κ2) is 9.67. The van der Waals surface area contributed by atoms with Crippen LogP contribution < -0.4 is 5.32 Å². The minimum Gasteiger partial charge on any atom is -0.748 e. The molecule has 2 aromatic carbocycles. The number of thiazole rings is 1. The predicted molar refractivity (Wildman–Crippen MR) is 81.5 cm³/mol. The SMILES string of the molecule is Cc1csc(CNC[c-]2[cH-][cH-][cH-][cH-]2)n1.[Fe].c1cc[cH-]c1. The normalized spacial score (nSPS) is 9.45. The van der Waals surface area contributed by atoms with Crippen molar-refractivity contribution >= 4 is 11.3 Å². The van der Waals surface area contributed by atoms with Crippen molar-refractivity contribution in [2.75, 3.05) is 0 Å². The van der Waals surface area contributed by atoms with Gasteiger partial charge in [-0.15, -0.1) is 11.3 Å². The number of rotatable bonds is 4. The minimum absolute atomic E-state index is 0. The van der Waals surface area contributed by atoms with E-state index >= 15 is 0 Å². The van der Waals surface area contributed by atoms with Gasteiger partial charge in [-0.2, -0.15) is 24.7 Å². The van der Waals surface area contributed by atoms with Crippen LogP contribution in [0.4, 0.5) is 0 Å². The molecule has 0 aliphatic carbocycles. The fourth-order valence-electron chi connectivity index (χ4n) is 1.65. The maximum Gasteiger partial charge on any atom is 0.107 e. The Morgan fingerprint density at radius 1 is 1.25 bits per heavy atom. The van der Waals surface area contributed by atoms with Crippen LogP contribution in [0.3, 0.4) is 0 Å². The summed E-state index contributed by atoms with van der Waals surface area (Å²) in [7, 11) is 0. The Morgan fingerprint density at radius 3 is 2.45 bits per heavy atom. The van der Waals surface area contributed by atoms with Crippen LogP contribution in [0.2, 0.25) is 0 Å². The molecule has 0 radical (unpaired) electrons. The molecule has 0 aliphatic heterocycles. The molecule has 0 saturated carbocycles. The zero-order valence-electron chi connectivity index (χ0n) is 11.4. The molecule has 1 aromatic heterocycles. The fourth-order valence-corrected chi connectivity index (χ4v) is 2.39. The molecule has 0 bridgehead atoms. The molecule has 1 heterocycles. The van der Waals surface area contributed by atoms with Crippen LogP contribution in [0, 0.1) is 6.92 Å². The molecule has 2 nitrogen and oxygen atoms in total. The molecule has 0 spiro atoms. The van der Waals surface area contributed by atoms with Crippen molar-refractivity contribution in [3.63, 3.8) is 0 Å². The minimum atomic E-state index is 0. The molecule has 1 N–H and O–H groups in total. The Morgan fingerprint density at radius 2 is 1.95 bits per heavy atom. The zero-order chi connectivity index (χ0) is 13.3. The zero-order valence-corrected chi connectivity index (χ0v) is 13.3. The topological polar surface area (TPSA) is 24.9 Å². The van der Waals surface area contributed by atoms with Crippen molar-refractivity contribution in [1.29, 1.82) is 0 Å². The van der Waals surface area contributed by atoms with E-state index in [-0.39, 0.29) is 17.1 Å². The second-order valence-corrected chi connectivity index (χ2v) is 5.18. The number of nitrogens with one attached hydrogen (secondary N) is 1. The van der Waals surface area contributed by atoms with Gasteiger partial charge in [-0.05, 0) is 6.92 Å². The molecule has 112 valence electrons. The maximum atomic E-state index is 4.39. The predicted octanol–water partition coefficient (Wildman–Crippen LogP) is 3.86. The number of aromatic nitrogens is 1. The summed E-state index contributed by atoms with van der Waals surface area (Å²) < 4.78 is 0. The van der Waals surface area contributed by atoms with Crippen molar-refractivity contribution in [2.24, 2.45) is 0 Å². The molecular formula is C16H18FeN2S-6. The molecule has 0 fully saturated rings. The fraction of sp³-hybridized carbons (Fsp3) is 0.188. The van der Waals surface area contributed by atoms with E-state index in [4.69, 9.17) is 0 Å². The average Bonchev–Trinajstić information content (AvgIpc) is 3.12. The van der Waals surface area contributed by atoms with E-state index in [2.05, 4.69) is 39.9 Å². The van der Waals surface area contributed by atoms with Crippen LogP contribution in [-0.2, 0) is 30.2 Å². The van der Waals surface area contributed by atoms with Gasteiger partial charge in [0.1, 0.15) is 5.01 Å². The molecule has 0 unspecified atom stereocenters. The van der Waals surface area contributed by atoms with E-state index in [0.29, 0.717) is 0 Å². The van der Waals surface area contributed by atoms with E-state index in [1.807, 2.05) is 37.3 Å². The first kappa shape index (κ1) is 16.9. The third-order valence-electron chi connectivity index (χ3n) is 2.56. The molecule has 20 heavy (non-hydrogen) atoms. The molecule has 4 heteroatoms. The molecule has 0 aliphatic rings. The summed E-state index contributed by atoms with van der Waals surface area (Å²) >= 11 is 1.71. The largest absolute Gasteiger partial charge is 0.748 e. The first-order chi connectivity index (χ1) is 9.34. The molecular weight excluding hydrogens is 308 g/mol. The Balaban J connectivity index is 0.000000283. The Bertz CT molecular complexity index is 524. The van der Waals surface area contributed by atoms with Crippen LogP contribution in [0.15, 0.2) is 60.0 Å². The Hall–Kier alpha value is -1.19. The van der Waals surface area contributed by atoms with E-state index in [9.17, 15) is 0 Å². The third-order valence-corrected chi connectivity index (χ3v) is 3.53. The summed E-state index contributed by atoms with van der Waals surface area (Å²) in [4.78, 5) is 4.39. The molecule has 3 aromatic rings. The first-order valence-corrected chi connectivity index (χ1v) is 7.21.